The number of aliphatic carboxylic acids is 1. The van der Waals surface area contributed by atoms with Crippen LogP contribution in [-0.4, -0.2) is 22.9 Å². The number of ether oxygens (including phenoxy) is 1. The molecule has 0 fully saturated rings. The summed E-state index contributed by atoms with van der Waals surface area (Å²) < 4.78 is 44.3. The maximum Gasteiger partial charge on any atom is 0.416 e. The highest BCUT2D eigenvalue weighted by Crippen LogP contribution is 2.32. The summed E-state index contributed by atoms with van der Waals surface area (Å²) in [6.07, 6.45) is -2.89. The Kier molecular flexibility index (Phi) is 8.45. The molecule has 1 atom stereocenters. The van der Waals surface area contributed by atoms with E-state index in [1.807, 2.05) is 25.1 Å². The van der Waals surface area contributed by atoms with Crippen molar-refractivity contribution in [3.63, 3.8) is 0 Å². The highest BCUT2D eigenvalue weighted by atomic mass is 127. The minimum Gasteiger partial charge on any atom is -0.479 e. The summed E-state index contributed by atoms with van der Waals surface area (Å²) in [7, 11) is 0. The van der Waals surface area contributed by atoms with Gasteiger partial charge in [-0.2, -0.15) is 13.2 Å². The van der Waals surface area contributed by atoms with E-state index < -0.39 is 23.8 Å². The Morgan fingerprint density at radius 1 is 1.24 bits per heavy atom. The smallest absolute Gasteiger partial charge is 0.416 e. The van der Waals surface area contributed by atoms with E-state index in [9.17, 15) is 18.0 Å². The van der Waals surface area contributed by atoms with E-state index in [-0.39, 0.29) is 0 Å². The van der Waals surface area contributed by atoms with Crippen LogP contribution in [0.2, 0.25) is 0 Å². The molecular formula is C21H20F3IO3S. The number of aryl methyl sites for hydroxylation is 1. The van der Waals surface area contributed by atoms with Gasteiger partial charge in [0.1, 0.15) is 5.75 Å². The van der Waals surface area contributed by atoms with Gasteiger partial charge in [0.15, 0.2) is 6.10 Å². The minimum atomic E-state index is -4.33. The van der Waals surface area contributed by atoms with E-state index in [0.717, 1.165) is 31.7 Å². The van der Waals surface area contributed by atoms with Gasteiger partial charge in [-0.05, 0) is 77.4 Å². The Morgan fingerprint density at radius 3 is 2.41 bits per heavy atom. The predicted molar refractivity (Wildman–Crippen MR) is 118 cm³/mol. The van der Waals surface area contributed by atoms with Crippen LogP contribution in [0.1, 0.15) is 30.0 Å². The number of hydrogen-bond donors (Lipinski definition) is 1. The summed E-state index contributed by atoms with van der Waals surface area (Å²) in [6, 6.07) is 10.6. The fourth-order valence-electron chi connectivity index (χ4n) is 2.45. The lowest BCUT2D eigenvalue weighted by Crippen LogP contribution is -2.26. The van der Waals surface area contributed by atoms with Crippen molar-refractivity contribution >= 4 is 43.9 Å². The van der Waals surface area contributed by atoms with Crippen LogP contribution in [0.5, 0.6) is 5.75 Å². The van der Waals surface area contributed by atoms with Gasteiger partial charge in [0.25, 0.3) is 0 Å². The Hall–Kier alpha value is -1.68. The fourth-order valence-corrected chi connectivity index (χ4v) is 4.20. The lowest BCUT2D eigenvalue weighted by Gasteiger charge is -2.15. The topological polar surface area (TPSA) is 46.5 Å². The summed E-state index contributed by atoms with van der Waals surface area (Å²) in [6.45, 7) is 3.61. The fraction of sp³-hybridized carbons (Fsp3) is 0.286. The van der Waals surface area contributed by atoms with E-state index in [0.29, 0.717) is 17.9 Å². The highest BCUT2D eigenvalue weighted by molar-refractivity contribution is 14.1. The van der Waals surface area contributed by atoms with Crippen LogP contribution in [0.4, 0.5) is 13.2 Å². The van der Waals surface area contributed by atoms with Gasteiger partial charge in [-0.15, -0.1) is 11.8 Å². The number of rotatable bonds is 8. The molecule has 0 aliphatic carbocycles. The summed E-state index contributed by atoms with van der Waals surface area (Å²) in [5.41, 5.74) is 0.917. The van der Waals surface area contributed by atoms with Gasteiger partial charge in [0.2, 0.25) is 0 Å². The molecule has 2 aromatic rings. The Balaban J connectivity index is 1.99. The number of thioether (sulfide) groups is 1. The number of halogens is 4. The quantitative estimate of drug-likeness (QED) is 0.297. The van der Waals surface area contributed by atoms with Gasteiger partial charge >= 0.3 is 12.1 Å². The van der Waals surface area contributed by atoms with Crippen molar-refractivity contribution in [1.82, 2.24) is 0 Å². The first kappa shape index (κ1) is 23.6. The molecule has 8 heteroatoms. The lowest BCUT2D eigenvalue weighted by atomic mass is 10.1. The van der Waals surface area contributed by atoms with E-state index in [1.54, 1.807) is 24.8 Å². The zero-order valence-electron chi connectivity index (χ0n) is 15.8. The number of alkyl halides is 3. The van der Waals surface area contributed by atoms with Crippen LogP contribution in [0.15, 0.2) is 53.4 Å². The van der Waals surface area contributed by atoms with Gasteiger partial charge in [0.05, 0.1) is 5.56 Å². The molecule has 0 spiro atoms. The number of hydrogen-bond acceptors (Lipinski definition) is 3. The molecule has 0 radical (unpaired) electrons. The van der Waals surface area contributed by atoms with Gasteiger partial charge in [0, 0.05) is 14.2 Å². The zero-order chi connectivity index (χ0) is 21.6. The van der Waals surface area contributed by atoms with E-state index in [1.165, 1.54) is 12.1 Å². The van der Waals surface area contributed by atoms with Crippen LogP contribution in [0, 0.1) is 6.92 Å². The minimum absolute atomic E-state index is 0.373. The first-order valence-corrected chi connectivity index (χ1v) is 10.8. The second-order valence-electron chi connectivity index (χ2n) is 6.22. The largest absolute Gasteiger partial charge is 0.479 e. The molecule has 0 saturated carbocycles. The van der Waals surface area contributed by atoms with Gasteiger partial charge in [-0.1, -0.05) is 25.1 Å². The average Bonchev–Trinajstić information content (AvgIpc) is 2.66. The Labute approximate surface area is 185 Å². The molecule has 156 valence electrons. The molecule has 0 saturated heterocycles. The first-order chi connectivity index (χ1) is 13.6. The predicted octanol–water partition coefficient (Wildman–Crippen LogP) is 6.82. The van der Waals surface area contributed by atoms with Gasteiger partial charge in [-0.25, -0.2) is 4.79 Å². The molecule has 0 amide bonds. The van der Waals surface area contributed by atoms with Gasteiger partial charge in [-0.3, -0.25) is 0 Å². The van der Waals surface area contributed by atoms with Crippen molar-refractivity contribution in [3.05, 3.63) is 65.2 Å². The summed E-state index contributed by atoms with van der Waals surface area (Å²) in [5.74, 6) is 0.192. The molecule has 0 bridgehead atoms. The Morgan fingerprint density at radius 2 is 1.90 bits per heavy atom. The number of carboxylic acids is 1. The molecule has 1 N–H and O–H groups in total. The second-order valence-corrected chi connectivity index (χ2v) is 8.47. The third kappa shape index (κ3) is 6.95. The standard InChI is InChI=1S/C21H20F3IO3S/c1-3-18(20(26)27)28-19-9-8-16(12-13(19)2)29-11-10-17(25)14-4-6-15(7-5-14)21(22,23)24/h4-10,12,18H,3,11H2,1-2H3,(H,26,27)/b17-10-. The van der Waals surface area contributed by atoms with Crippen LogP contribution in [-0.2, 0) is 11.0 Å². The lowest BCUT2D eigenvalue weighted by molar-refractivity contribution is -0.145. The molecule has 29 heavy (non-hydrogen) atoms. The van der Waals surface area contributed by atoms with Gasteiger partial charge < -0.3 is 9.84 Å². The molecule has 2 aromatic carbocycles. The van der Waals surface area contributed by atoms with Crippen LogP contribution in [0.25, 0.3) is 3.58 Å². The number of carboxylic acid groups (broad SMARTS) is 1. The molecular weight excluding hydrogens is 516 g/mol. The zero-order valence-corrected chi connectivity index (χ0v) is 18.8. The molecule has 0 heterocycles. The number of carbonyl (C=O) groups is 1. The molecule has 0 aliphatic heterocycles. The van der Waals surface area contributed by atoms with Crippen LogP contribution < -0.4 is 4.74 Å². The van der Waals surface area contributed by atoms with Crippen LogP contribution in [0.3, 0.4) is 0 Å². The maximum absolute atomic E-state index is 12.6. The monoisotopic (exact) mass is 536 g/mol. The summed E-state index contributed by atoms with van der Waals surface area (Å²) >= 11 is 3.68. The van der Waals surface area contributed by atoms with E-state index in [2.05, 4.69) is 22.6 Å². The van der Waals surface area contributed by atoms with Crippen molar-refractivity contribution in [2.75, 3.05) is 5.75 Å². The molecule has 2 rings (SSSR count). The first-order valence-electron chi connectivity index (χ1n) is 8.78. The summed E-state index contributed by atoms with van der Waals surface area (Å²) in [5, 5.41) is 9.11. The van der Waals surface area contributed by atoms with E-state index >= 15 is 0 Å². The highest BCUT2D eigenvalue weighted by Gasteiger charge is 2.29. The molecule has 0 aromatic heterocycles. The Bertz CT molecular complexity index is 880. The van der Waals surface area contributed by atoms with E-state index in [4.69, 9.17) is 9.84 Å². The number of benzene rings is 2. The third-order valence-electron chi connectivity index (χ3n) is 4.06. The van der Waals surface area contributed by atoms with Crippen molar-refractivity contribution < 1.29 is 27.8 Å². The van der Waals surface area contributed by atoms with Crippen molar-refractivity contribution in [2.45, 2.75) is 37.4 Å². The molecule has 0 aliphatic rings. The normalized spacial score (nSPS) is 13.2. The van der Waals surface area contributed by atoms with Crippen molar-refractivity contribution in [1.29, 1.82) is 0 Å². The van der Waals surface area contributed by atoms with Crippen molar-refractivity contribution in [3.8, 4) is 5.75 Å². The second kappa shape index (κ2) is 10.4. The SMILES string of the molecule is CCC(Oc1ccc(SC/C=C(\I)c2ccc(C(F)(F)F)cc2)cc1C)C(=O)O. The molecule has 1 unspecified atom stereocenters. The maximum atomic E-state index is 12.6. The average molecular weight is 536 g/mol. The van der Waals surface area contributed by atoms with Crippen LogP contribution >= 0.6 is 34.4 Å². The summed E-state index contributed by atoms with van der Waals surface area (Å²) in [4.78, 5) is 12.1. The third-order valence-corrected chi connectivity index (χ3v) is 6.05. The molecule has 3 nitrogen and oxygen atoms in total. The van der Waals surface area contributed by atoms with Crippen molar-refractivity contribution in [2.24, 2.45) is 0 Å².